The molecule has 1 aliphatic carbocycles. The summed E-state index contributed by atoms with van der Waals surface area (Å²) >= 11 is 0. The van der Waals surface area contributed by atoms with Crippen LogP contribution in [0.15, 0.2) is 41.3 Å². The van der Waals surface area contributed by atoms with E-state index in [1.807, 2.05) is 0 Å². The van der Waals surface area contributed by atoms with Gasteiger partial charge in [0.15, 0.2) is 0 Å². The van der Waals surface area contributed by atoms with E-state index in [1.165, 1.54) is 0 Å². The predicted octanol–water partition coefficient (Wildman–Crippen LogP) is 0.847. The third-order valence-corrected chi connectivity index (χ3v) is 6.21. The van der Waals surface area contributed by atoms with Gasteiger partial charge in [-0.2, -0.15) is 0 Å². The van der Waals surface area contributed by atoms with Crippen molar-refractivity contribution in [2.24, 2.45) is 0 Å². The minimum absolute atomic E-state index is 0.0870. The summed E-state index contributed by atoms with van der Waals surface area (Å²) in [6.07, 6.45) is 5.03. The average molecular weight is 398 g/mol. The first-order valence-corrected chi connectivity index (χ1v) is 10.4. The third kappa shape index (κ3) is 5.13. The molecule has 1 heterocycles. The molecule has 1 aromatic rings. The zero-order valence-electron chi connectivity index (χ0n) is 14.7. The van der Waals surface area contributed by atoms with E-state index in [4.69, 9.17) is 4.74 Å². The molecule has 3 rings (SSSR count). The summed E-state index contributed by atoms with van der Waals surface area (Å²) < 4.78 is 45.9. The molecule has 1 amide bonds. The highest BCUT2D eigenvalue weighted by atomic mass is 32.2. The van der Waals surface area contributed by atoms with Gasteiger partial charge in [0.25, 0.3) is 0 Å². The van der Waals surface area contributed by atoms with Crippen LogP contribution in [0.25, 0.3) is 0 Å². The Bertz CT molecular complexity index is 792. The molecule has 1 aromatic carbocycles. The number of sulfonamides is 1. The van der Waals surface area contributed by atoms with E-state index < -0.39 is 40.7 Å². The van der Waals surface area contributed by atoms with E-state index in [-0.39, 0.29) is 23.3 Å². The maximum Gasteiger partial charge on any atom is 0.241 e. The van der Waals surface area contributed by atoms with Crippen molar-refractivity contribution < 1.29 is 27.4 Å². The van der Waals surface area contributed by atoms with Crippen molar-refractivity contribution in [3.63, 3.8) is 0 Å². The Morgan fingerprint density at radius 2 is 1.93 bits per heavy atom. The highest BCUT2D eigenvalue weighted by Crippen LogP contribution is 2.21. The minimum atomic E-state index is -3.91. The predicted molar refractivity (Wildman–Crippen MR) is 95.8 cm³/mol. The van der Waals surface area contributed by atoms with Gasteiger partial charge in [0.05, 0.1) is 30.1 Å². The molecule has 0 unspecified atom stereocenters. The van der Waals surface area contributed by atoms with Gasteiger partial charge in [-0.05, 0) is 43.5 Å². The monoisotopic (exact) mass is 398 g/mol. The van der Waals surface area contributed by atoms with Gasteiger partial charge in [-0.15, -0.1) is 0 Å². The van der Waals surface area contributed by atoms with Crippen molar-refractivity contribution in [3.8, 4) is 0 Å². The van der Waals surface area contributed by atoms with Crippen LogP contribution in [0.2, 0.25) is 0 Å². The lowest BCUT2D eigenvalue weighted by molar-refractivity contribution is -0.126. The number of hydrogen-bond acceptors (Lipinski definition) is 5. The molecular weight excluding hydrogens is 375 g/mol. The maximum atomic E-state index is 13.0. The molecule has 1 aliphatic heterocycles. The summed E-state index contributed by atoms with van der Waals surface area (Å²) in [5.74, 6) is -0.664. The topological polar surface area (TPSA) is 105 Å². The Hall–Kier alpha value is -1.81. The number of rotatable bonds is 7. The van der Waals surface area contributed by atoms with Crippen molar-refractivity contribution in [2.75, 3.05) is 6.61 Å². The van der Waals surface area contributed by atoms with Crippen LogP contribution in [0.4, 0.5) is 4.39 Å². The largest absolute Gasteiger partial charge is 0.394 e. The van der Waals surface area contributed by atoms with Crippen molar-refractivity contribution in [3.05, 3.63) is 42.2 Å². The second kappa shape index (κ2) is 8.47. The zero-order valence-corrected chi connectivity index (χ0v) is 15.5. The lowest BCUT2D eigenvalue weighted by Crippen LogP contribution is -2.49. The van der Waals surface area contributed by atoms with Gasteiger partial charge in [0.2, 0.25) is 15.9 Å². The average Bonchev–Trinajstić information content (AvgIpc) is 2.59. The molecule has 1 saturated carbocycles. The first-order chi connectivity index (χ1) is 12.9. The molecule has 2 aliphatic rings. The Balaban J connectivity index is 1.62. The van der Waals surface area contributed by atoms with Crippen molar-refractivity contribution in [2.45, 2.75) is 54.9 Å². The number of carbonyl (C=O) groups excluding carboxylic acids is 1. The van der Waals surface area contributed by atoms with E-state index >= 15 is 0 Å². The fourth-order valence-electron chi connectivity index (χ4n) is 2.99. The van der Waals surface area contributed by atoms with Crippen LogP contribution in [-0.4, -0.2) is 50.3 Å². The molecule has 7 nitrogen and oxygen atoms in total. The molecule has 27 heavy (non-hydrogen) atoms. The summed E-state index contributed by atoms with van der Waals surface area (Å²) in [4.78, 5) is 11.9. The van der Waals surface area contributed by atoms with Gasteiger partial charge in [0, 0.05) is 6.04 Å². The van der Waals surface area contributed by atoms with Crippen LogP contribution in [0.1, 0.15) is 25.7 Å². The molecule has 3 N–H and O–H groups in total. The lowest BCUT2D eigenvalue weighted by Gasteiger charge is -2.32. The summed E-state index contributed by atoms with van der Waals surface area (Å²) in [5.41, 5.74) is 0. The highest BCUT2D eigenvalue weighted by Gasteiger charge is 2.32. The van der Waals surface area contributed by atoms with E-state index in [0.717, 1.165) is 43.5 Å². The molecule has 0 aromatic heterocycles. The number of aliphatic hydroxyl groups is 1. The summed E-state index contributed by atoms with van der Waals surface area (Å²) in [6, 6.07) is 3.87. The van der Waals surface area contributed by atoms with Crippen LogP contribution in [-0.2, 0) is 19.6 Å². The SMILES string of the molecule is O=C(C[C@H]1C=C[C@H](NS(=O)(=O)c2ccc(F)cc2)[C@H](CO)O1)NC1CCC1. The lowest BCUT2D eigenvalue weighted by atomic mass is 9.93. The summed E-state index contributed by atoms with van der Waals surface area (Å²) in [7, 11) is -3.91. The molecule has 0 radical (unpaired) electrons. The van der Waals surface area contributed by atoms with Crippen LogP contribution in [0.5, 0.6) is 0 Å². The number of benzene rings is 1. The molecule has 3 atom stereocenters. The van der Waals surface area contributed by atoms with Crippen LogP contribution < -0.4 is 10.0 Å². The number of nitrogens with one attached hydrogen (secondary N) is 2. The van der Waals surface area contributed by atoms with Crippen LogP contribution in [0.3, 0.4) is 0 Å². The Morgan fingerprint density at radius 3 is 2.52 bits per heavy atom. The van der Waals surface area contributed by atoms with E-state index in [0.29, 0.717) is 0 Å². The molecule has 0 spiro atoms. The van der Waals surface area contributed by atoms with Gasteiger partial charge < -0.3 is 15.2 Å². The van der Waals surface area contributed by atoms with Gasteiger partial charge in [-0.1, -0.05) is 12.2 Å². The second-order valence-corrected chi connectivity index (χ2v) is 8.49. The number of hydrogen-bond donors (Lipinski definition) is 3. The molecule has 0 saturated heterocycles. The van der Waals surface area contributed by atoms with Crippen molar-refractivity contribution >= 4 is 15.9 Å². The number of carbonyl (C=O) groups is 1. The minimum Gasteiger partial charge on any atom is -0.394 e. The van der Waals surface area contributed by atoms with E-state index in [9.17, 15) is 22.7 Å². The Labute approximate surface area is 157 Å². The Kier molecular flexibility index (Phi) is 6.25. The fourth-order valence-corrected chi connectivity index (χ4v) is 4.21. The van der Waals surface area contributed by atoms with E-state index in [1.54, 1.807) is 12.2 Å². The highest BCUT2D eigenvalue weighted by molar-refractivity contribution is 7.89. The maximum absolute atomic E-state index is 13.0. The smallest absolute Gasteiger partial charge is 0.241 e. The number of ether oxygens (including phenoxy) is 1. The first kappa shape index (κ1) is 19.9. The number of halogens is 1. The quantitative estimate of drug-likeness (QED) is 0.591. The number of aliphatic hydroxyl groups excluding tert-OH is 1. The molecular formula is C18H23FN2O5S. The first-order valence-electron chi connectivity index (χ1n) is 8.89. The second-order valence-electron chi connectivity index (χ2n) is 6.78. The standard InChI is InChI=1S/C18H23FN2O5S/c19-12-4-7-15(8-5-12)27(24,25)21-16-9-6-14(26-17(16)11-22)10-18(23)20-13-2-1-3-13/h4-9,13-14,16-17,21-22H,1-3,10-11H2,(H,20,23)/t14-,16+,17+/m1/s1. The van der Waals surface area contributed by atoms with Crippen LogP contribution >= 0.6 is 0 Å². The fraction of sp³-hybridized carbons (Fsp3) is 0.500. The zero-order chi connectivity index (χ0) is 19.4. The third-order valence-electron chi connectivity index (χ3n) is 4.74. The summed E-state index contributed by atoms with van der Waals surface area (Å²) in [6.45, 7) is -0.415. The van der Waals surface area contributed by atoms with Crippen molar-refractivity contribution in [1.29, 1.82) is 0 Å². The van der Waals surface area contributed by atoms with Crippen LogP contribution in [0, 0.1) is 5.82 Å². The van der Waals surface area contributed by atoms with Gasteiger partial charge in [-0.25, -0.2) is 17.5 Å². The molecule has 1 fully saturated rings. The molecule has 148 valence electrons. The summed E-state index contributed by atoms with van der Waals surface area (Å²) in [5, 5.41) is 12.5. The molecule has 0 bridgehead atoms. The normalized spacial score (nSPS) is 25.8. The van der Waals surface area contributed by atoms with Gasteiger partial charge in [0.1, 0.15) is 11.9 Å². The molecule has 9 heteroatoms. The van der Waals surface area contributed by atoms with Crippen molar-refractivity contribution in [1.82, 2.24) is 10.0 Å². The number of amides is 1. The Morgan fingerprint density at radius 1 is 1.22 bits per heavy atom. The van der Waals surface area contributed by atoms with E-state index in [2.05, 4.69) is 10.0 Å². The van der Waals surface area contributed by atoms with Gasteiger partial charge in [-0.3, -0.25) is 4.79 Å². The van der Waals surface area contributed by atoms with Gasteiger partial charge >= 0.3 is 0 Å².